The minimum Gasteiger partial charge on any atom is -0.340 e. The van der Waals surface area contributed by atoms with Crippen molar-refractivity contribution in [3.8, 4) is 0 Å². The Hall–Kier alpha value is -1.65. The average Bonchev–Trinajstić information content (AvgIpc) is 3.02. The molecule has 2 fully saturated rings. The van der Waals surface area contributed by atoms with Crippen LogP contribution in [-0.4, -0.2) is 73.5 Å². The molecule has 0 saturated carbocycles. The van der Waals surface area contributed by atoms with E-state index in [1.54, 1.807) is 0 Å². The third-order valence-electron chi connectivity index (χ3n) is 4.90. The van der Waals surface area contributed by atoms with Crippen molar-refractivity contribution in [1.29, 1.82) is 0 Å². The highest BCUT2D eigenvalue weighted by Gasteiger charge is 2.31. The highest BCUT2D eigenvalue weighted by molar-refractivity contribution is 5.79. The van der Waals surface area contributed by atoms with E-state index in [-0.39, 0.29) is 5.92 Å². The van der Waals surface area contributed by atoms with Crippen molar-refractivity contribution in [3.05, 3.63) is 42.0 Å². The summed E-state index contributed by atoms with van der Waals surface area (Å²) in [6.07, 6.45) is 5.42. The molecule has 1 amide bonds. The van der Waals surface area contributed by atoms with E-state index >= 15 is 0 Å². The van der Waals surface area contributed by atoms with Gasteiger partial charge in [-0.1, -0.05) is 42.5 Å². The molecule has 2 heterocycles. The normalized spacial score (nSPS) is 23.7. The van der Waals surface area contributed by atoms with Gasteiger partial charge in [0.15, 0.2) is 0 Å². The highest BCUT2D eigenvalue weighted by atomic mass is 16.2. The van der Waals surface area contributed by atoms with Crippen molar-refractivity contribution < 1.29 is 4.79 Å². The third kappa shape index (κ3) is 4.43. The van der Waals surface area contributed by atoms with Gasteiger partial charge in [-0.3, -0.25) is 9.69 Å². The molecule has 1 unspecified atom stereocenters. The van der Waals surface area contributed by atoms with Crippen molar-refractivity contribution in [2.45, 2.75) is 6.42 Å². The van der Waals surface area contributed by atoms with Crippen LogP contribution in [0.2, 0.25) is 0 Å². The molecule has 0 radical (unpaired) electrons. The number of piperazine rings is 1. The van der Waals surface area contributed by atoms with Gasteiger partial charge >= 0.3 is 0 Å². The molecule has 4 heteroatoms. The van der Waals surface area contributed by atoms with Crippen LogP contribution in [0.1, 0.15) is 12.0 Å². The molecule has 3 rings (SSSR count). The summed E-state index contributed by atoms with van der Waals surface area (Å²) in [6.45, 7) is 6.65. The van der Waals surface area contributed by atoms with E-state index in [2.05, 4.69) is 58.2 Å². The highest BCUT2D eigenvalue weighted by Crippen LogP contribution is 2.18. The lowest BCUT2D eigenvalue weighted by Crippen LogP contribution is -2.50. The molecule has 1 atom stereocenters. The second-order valence-electron chi connectivity index (χ2n) is 6.69. The van der Waals surface area contributed by atoms with Gasteiger partial charge in [0, 0.05) is 39.3 Å². The Balaban J connectivity index is 1.42. The molecule has 4 nitrogen and oxygen atoms in total. The molecular formula is C19H27N3O. The summed E-state index contributed by atoms with van der Waals surface area (Å²) >= 11 is 0. The largest absolute Gasteiger partial charge is 0.340 e. The van der Waals surface area contributed by atoms with Gasteiger partial charge in [0.25, 0.3) is 0 Å². The fourth-order valence-corrected chi connectivity index (χ4v) is 3.45. The first-order chi connectivity index (χ1) is 11.2. The van der Waals surface area contributed by atoms with E-state index in [1.807, 2.05) is 6.07 Å². The monoisotopic (exact) mass is 313 g/mol. The summed E-state index contributed by atoms with van der Waals surface area (Å²) in [5.41, 5.74) is 1.24. The number of benzene rings is 1. The standard InChI is InChI=1S/C19H27N3O/c1-20-11-9-18(16-20)19(23)22-14-12-21(13-15-22)10-5-8-17-6-3-2-4-7-17/h2-8,18H,9-16H2,1H3/b8-5+. The molecule has 124 valence electrons. The second kappa shape index (κ2) is 7.75. The molecule has 2 aliphatic heterocycles. The molecular weight excluding hydrogens is 286 g/mol. The maximum Gasteiger partial charge on any atom is 0.227 e. The van der Waals surface area contributed by atoms with E-state index in [1.165, 1.54) is 5.56 Å². The quantitative estimate of drug-likeness (QED) is 0.848. The average molecular weight is 313 g/mol. The fourth-order valence-electron chi connectivity index (χ4n) is 3.45. The number of rotatable bonds is 4. The minimum absolute atomic E-state index is 0.226. The van der Waals surface area contributed by atoms with Gasteiger partial charge in [0.2, 0.25) is 5.91 Å². The van der Waals surface area contributed by atoms with Crippen LogP contribution in [-0.2, 0) is 4.79 Å². The van der Waals surface area contributed by atoms with Gasteiger partial charge in [-0.2, -0.15) is 0 Å². The molecule has 1 aromatic carbocycles. The van der Waals surface area contributed by atoms with Crippen LogP contribution in [0, 0.1) is 5.92 Å². The Morgan fingerprint density at radius 3 is 2.52 bits per heavy atom. The van der Waals surface area contributed by atoms with Crippen LogP contribution in [0.3, 0.4) is 0 Å². The lowest BCUT2D eigenvalue weighted by molar-refractivity contribution is -0.136. The zero-order valence-corrected chi connectivity index (χ0v) is 14.0. The number of nitrogens with zero attached hydrogens (tertiary/aromatic N) is 3. The summed E-state index contributed by atoms with van der Waals surface area (Å²) in [4.78, 5) is 19.3. The summed E-state index contributed by atoms with van der Waals surface area (Å²) in [7, 11) is 2.10. The molecule has 1 aromatic rings. The fraction of sp³-hybridized carbons (Fsp3) is 0.526. The molecule has 2 aliphatic rings. The van der Waals surface area contributed by atoms with Crippen LogP contribution in [0.15, 0.2) is 36.4 Å². The first kappa shape index (κ1) is 16.2. The van der Waals surface area contributed by atoms with Crippen LogP contribution < -0.4 is 0 Å². The molecule has 0 aliphatic carbocycles. The number of amides is 1. The summed E-state index contributed by atoms with van der Waals surface area (Å²) < 4.78 is 0. The number of carbonyl (C=O) groups excluding carboxylic acids is 1. The SMILES string of the molecule is CN1CCC(C(=O)N2CCN(C/C=C/c3ccccc3)CC2)C1. The van der Waals surface area contributed by atoms with Gasteiger partial charge in [-0.05, 0) is 25.6 Å². The Kier molecular flexibility index (Phi) is 5.47. The van der Waals surface area contributed by atoms with Crippen molar-refractivity contribution in [2.24, 2.45) is 5.92 Å². The number of hydrogen-bond donors (Lipinski definition) is 0. The van der Waals surface area contributed by atoms with Crippen molar-refractivity contribution in [2.75, 3.05) is 52.9 Å². The first-order valence-electron chi connectivity index (χ1n) is 8.63. The summed E-state index contributed by atoms with van der Waals surface area (Å²) in [5, 5.41) is 0. The van der Waals surface area contributed by atoms with Gasteiger partial charge in [-0.15, -0.1) is 0 Å². The molecule has 0 aromatic heterocycles. The predicted octanol–water partition coefficient (Wildman–Crippen LogP) is 1.80. The third-order valence-corrected chi connectivity index (χ3v) is 4.90. The Morgan fingerprint density at radius 1 is 1.13 bits per heavy atom. The topological polar surface area (TPSA) is 26.8 Å². The van der Waals surface area contributed by atoms with Gasteiger partial charge in [0.1, 0.15) is 0 Å². The lowest BCUT2D eigenvalue weighted by atomic mass is 10.1. The van der Waals surface area contributed by atoms with Crippen molar-refractivity contribution in [3.63, 3.8) is 0 Å². The second-order valence-corrected chi connectivity index (χ2v) is 6.69. The minimum atomic E-state index is 0.226. The smallest absolute Gasteiger partial charge is 0.227 e. The molecule has 0 spiro atoms. The molecule has 0 N–H and O–H groups in total. The van der Waals surface area contributed by atoms with E-state index < -0.39 is 0 Å². The van der Waals surface area contributed by atoms with E-state index in [0.717, 1.165) is 52.2 Å². The zero-order chi connectivity index (χ0) is 16.1. The van der Waals surface area contributed by atoms with E-state index in [0.29, 0.717) is 5.91 Å². The van der Waals surface area contributed by atoms with Gasteiger partial charge in [-0.25, -0.2) is 0 Å². The maximum atomic E-state index is 12.5. The summed E-state index contributed by atoms with van der Waals surface area (Å²) in [6, 6.07) is 10.4. The molecule has 23 heavy (non-hydrogen) atoms. The Morgan fingerprint density at radius 2 is 1.87 bits per heavy atom. The van der Waals surface area contributed by atoms with Crippen LogP contribution in [0.5, 0.6) is 0 Å². The van der Waals surface area contributed by atoms with E-state index in [4.69, 9.17) is 0 Å². The summed E-state index contributed by atoms with van der Waals surface area (Å²) in [5.74, 6) is 0.596. The maximum absolute atomic E-state index is 12.5. The van der Waals surface area contributed by atoms with E-state index in [9.17, 15) is 4.79 Å². The van der Waals surface area contributed by atoms with Crippen LogP contribution in [0.25, 0.3) is 6.08 Å². The van der Waals surface area contributed by atoms with Gasteiger partial charge in [0.05, 0.1) is 5.92 Å². The van der Waals surface area contributed by atoms with Crippen molar-refractivity contribution >= 4 is 12.0 Å². The first-order valence-corrected chi connectivity index (χ1v) is 8.63. The van der Waals surface area contributed by atoms with Crippen LogP contribution >= 0.6 is 0 Å². The Bertz CT molecular complexity index is 535. The number of hydrogen-bond acceptors (Lipinski definition) is 3. The predicted molar refractivity (Wildman–Crippen MR) is 94.1 cm³/mol. The van der Waals surface area contributed by atoms with Crippen LogP contribution in [0.4, 0.5) is 0 Å². The molecule has 0 bridgehead atoms. The molecule has 2 saturated heterocycles. The number of likely N-dealkylation sites (tertiary alicyclic amines) is 1. The van der Waals surface area contributed by atoms with Crippen molar-refractivity contribution in [1.82, 2.24) is 14.7 Å². The Labute approximate surface area is 139 Å². The zero-order valence-electron chi connectivity index (χ0n) is 14.0. The number of carbonyl (C=O) groups is 1. The lowest BCUT2D eigenvalue weighted by Gasteiger charge is -2.35. The van der Waals surface area contributed by atoms with Gasteiger partial charge < -0.3 is 9.80 Å².